The maximum atomic E-state index is 13.7. The molecule has 0 spiro atoms. The maximum absolute atomic E-state index is 13.7. The average Bonchev–Trinajstić information content (AvgIpc) is 2.94. The lowest BCUT2D eigenvalue weighted by Gasteiger charge is -2.21. The van der Waals surface area contributed by atoms with Crippen molar-refractivity contribution in [3.8, 4) is 0 Å². The quantitative estimate of drug-likeness (QED) is 0.866. The summed E-state index contributed by atoms with van der Waals surface area (Å²) in [5.41, 5.74) is 0.543. The zero-order valence-electron chi connectivity index (χ0n) is 12.1. The van der Waals surface area contributed by atoms with E-state index < -0.39 is 29.6 Å². The summed E-state index contributed by atoms with van der Waals surface area (Å²) in [6, 6.07) is 3.33. The monoisotopic (exact) mass is 308 g/mol. The highest BCUT2D eigenvalue weighted by atomic mass is 19.1. The Morgan fingerprint density at radius 2 is 2.14 bits per heavy atom. The fraction of sp³-hybridized carbons (Fsp3) is 0.400. The summed E-state index contributed by atoms with van der Waals surface area (Å²) in [6.45, 7) is 1.70. The van der Waals surface area contributed by atoms with Gasteiger partial charge in [-0.3, -0.25) is 9.59 Å². The molecular weight excluding hydrogens is 291 g/mol. The van der Waals surface area contributed by atoms with Gasteiger partial charge in [0.2, 0.25) is 5.91 Å². The van der Waals surface area contributed by atoms with Gasteiger partial charge in [-0.1, -0.05) is 6.07 Å². The molecule has 1 heterocycles. The summed E-state index contributed by atoms with van der Waals surface area (Å²) < 4.78 is 13.7. The van der Waals surface area contributed by atoms with Gasteiger partial charge < -0.3 is 15.3 Å². The summed E-state index contributed by atoms with van der Waals surface area (Å²) in [6.07, 6.45) is 1.02. The van der Waals surface area contributed by atoms with Crippen molar-refractivity contribution in [2.75, 3.05) is 13.1 Å². The highest BCUT2D eigenvalue weighted by molar-refractivity contribution is 5.97. The lowest BCUT2D eigenvalue weighted by molar-refractivity contribution is -0.147. The second kappa shape index (κ2) is 6.55. The molecule has 0 aromatic heterocycles. The summed E-state index contributed by atoms with van der Waals surface area (Å²) in [5, 5.41) is 11.4. The van der Waals surface area contributed by atoms with Crippen LogP contribution < -0.4 is 5.32 Å². The van der Waals surface area contributed by atoms with Crippen molar-refractivity contribution >= 4 is 17.8 Å². The minimum Gasteiger partial charge on any atom is -0.480 e. The molecule has 0 bridgehead atoms. The molecule has 1 aromatic carbocycles. The fourth-order valence-corrected chi connectivity index (χ4v) is 2.48. The van der Waals surface area contributed by atoms with Crippen LogP contribution in [0.5, 0.6) is 0 Å². The van der Waals surface area contributed by atoms with Gasteiger partial charge in [0.05, 0.1) is 12.1 Å². The van der Waals surface area contributed by atoms with Gasteiger partial charge in [0.1, 0.15) is 11.9 Å². The van der Waals surface area contributed by atoms with Crippen LogP contribution in [0.4, 0.5) is 4.39 Å². The molecule has 0 radical (unpaired) electrons. The number of benzene rings is 1. The van der Waals surface area contributed by atoms with Crippen molar-refractivity contribution in [2.45, 2.75) is 25.8 Å². The maximum Gasteiger partial charge on any atom is 0.326 e. The zero-order chi connectivity index (χ0) is 16.3. The molecule has 2 rings (SSSR count). The molecule has 1 saturated heterocycles. The Bertz CT molecular complexity index is 618. The van der Waals surface area contributed by atoms with Crippen molar-refractivity contribution in [2.24, 2.45) is 0 Å². The van der Waals surface area contributed by atoms with Crippen LogP contribution in [0.3, 0.4) is 0 Å². The van der Waals surface area contributed by atoms with Gasteiger partial charge in [-0.25, -0.2) is 9.18 Å². The molecule has 0 aliphatic carbocycles. The van der Waals surface area contributed by atoms with E-state index in [1.54, 1.807) is 13.0 Å². The van der Waals surface area contributed by atoms with Crippen molar-refractivity contribution in [1.29, 1.82) is 0 Å². The van der Waals surface area contributed by atoms with Crippen molar-refractivity contribution in [3.63, 3.8) is 0 Å². The van der Waals surface area contributed by atoms with Crippen LogP contribution in [0, 0.1) is 12.7 Å². The number of aryl methyl sites for hydroxylation is 1. The third-order valence-electron chi connectivity index (χ3n) is 3.63. The molecule has 1 aliphatic heterocycles. The Morgan fingerprint density at radius 3 is 2.77 bits per heavy atom. The molecule has 1 unspecified atom stereocenters. The minimum absolute atomic E-state index is 0.144. The third-order valence-corrected chi connectivity index (χ3v) is 3.63. The number of carboxylic acids is 1. The third kappa shape index (κ3) is 3.41. The number of aliphatic carboxylic acids is 1. The molecule has 2 amide bonds. The van der Waals surface area contributed by atoms with Gasteiger partial charge in [-0.15, -0.1) is 0 Å². The summed E-state index contributed by atoms with van der Waals surface area (Å²) in [4.78, 5) is 36.1. The number of hydrogen-bond acceptors (Lipinski definition) is 3. The van der Waals surface area contributed by atoms with Crippen LogP contribution in [0.1, 0.15) is 28.8 Å². The Balaban J connectivity index is 1.96. The van der Waals surface area contributed by atoms with Gasteiger partial charge in [-0.2, -0.15) is 0 Å². The molecular formula is C15H17FN2O4. The number of rotatable bonds is 4. The van der Waals surface area contributed by atoms with E-state index in [-0.39, 0.29) is 12.1 Å². The van der Waals surface area contributed by atoms with E-state index in [4.69, 9.17) is 5.11 Å². The Hall–Kier alpha value is -2.44. The molecule has 0 saturated carbocycles. The predicted molar refractivity (Wildman–Crippen MR) is 75.8 cm³/mol. The molecule has 1 aliphatic rings. The van der Waals surface area contributed by atoms with Crippen LogP contribution >= 0.6 is 0 Å². The van der Waals surface area contributed by atoms with Crippen LogP contribution in [0.2, 0.25) is 0 Å². The first kappa shape index (κ1) is 15.9. The molecule has 118 valence electrons. The average molecular weight is 308 g/mol. The number of nitrogens with one attached hydrogen (secondary N) is 1. The second-order valence-corrected chi connectivity index (χ2v) is 5.25. The first-order valence-corrected chi connectivity index (χ1v) is 6.97. The number of carboxylic acid groups (broad SMARTS) is 1. The summed E-state index contributed by atoms with van der Waals surface area (Å²) in [7, 11) is 0. The minimum atomic E-state index is -1.05. The summed E-state index contributed by atoms with van der Waals surface area (Å²) >= 11 is 0. The predicted octanol–water partition coefficient (Wildman–Crippen LogP) is 0.940. The number of amides is 2. The number of nitrogens with zero attached hydrogens (tertiary/aromatic N) is 1. The van der Waals surface area contributed by atoms with Gasteiger partial charge >= 0.3 is 5.97 Å². The Kier molecular flexibility index (Phi) is 4.75. The summed E-state index contributed by atoms with van der Waals surface area (Å²) in [5.74, 6) is -2.89. The number of halogens is 1. The van der Waals surface area contributed by atoms with E-state index in [0.717, 1.165) is 0 Å². The number of carbonyl (C=O) groups excluding carboxylic acids is 2. The molecule has 2 N–H and O–H groups in total. The van der Waals surface area contributed by atoms with E-state index in [0.29, 0.717) is 24.9 Å². The van der Waals surface area contributed by atoms with Crippen molar-refractivity contribution < 1.29 is 23.9 Å². The van der Waals surface area contributed by atoms with E-state index in [1.165, 1.54) is 17.0 Å². The van der Waals surface area contributed by atoms with Gasteiger partial charge in [0.25, 0.3) is 5.91 Å². The molecule has 7 heteroatoms. The SMILES string of the molecule is Cc1ccc(C(=O)NCC(=O)N2CCCC2C(=O)O)c(F)c1. The zero-order valence-corrected chi connectivity index (χ0v) is 12.1. The van der Waals surface area contributed by atoms with Crippen LogP contribution in [-0.2, 0) is 9.59 Å². The van der Waals surface area contributed by atoms with Gasteiger partial charge in [0.15, 0.2) is 0 Å². The first-order valence-electron chi connectivity index (χ1n) is 6.97. The van der Waals surface area contributed by atoms with Crippen LogP contribution in [0.25, 0.3) is 0 Å². The number of likely N-dealkylation sites (tertiary alicyclic amines) is 1. The van der Waals surface area contributed by atoms with Crippen LogP contribution in [-0.4, -0.2) is 46.9 Å². The number of hydrogen-bond donors (Lipinski definition) is 2. The molecule has 1 aromatic rings. The highest BCUT2D eigenvalue weighted by Gasteiger charge is 2.33. The molecule has 22 heavy (non-hydrogen) atoms. The van der Waals surface area contributed by atoms with Gasteiger partial charge in [0, 0.05) is 6.54 Å². The lowest BCUT2D eigenvalue weighted by atomic mass is 10.1. The first-order chi connectivity index (χ1) is 10.4. The highest BCUT2D eigenvalue weighted by Crippen LogP contribution is 2.17. The van der Waals surface area contributed by atoms with Crippen molar-refractivity contribution in [3.05, 3.63) is 35.1 Å². The van der Waals surface area contributed by atoms with E-state index in [9.17, 15) is 18.8 Å². The smallest absolute Gasteiger partial charge is 0.326 e. The largest absolute Gasteiger partial charge is 0.480 e. The second-order valence-electron chi connectivity index (χ2n) is 5.25. The number of carbonyl (C=O) groups is 3. The molecule has 6 nitrogen and oxygen atoms in total. The normalized spacial score (nSPS) is 17.4. The van der Waals surface area contributed by atoms with Gasteiger partial charge in [-0.05, 0) is 37.5 Å². The fourth-order valence-electron chi connectivity index (χ4n) is 2.48. The Labute approximate surface area is 126 Å². The Morgan fingerprint density at radius 1 is 1.41 bits per heavy atom. The van der Waals surface area contributed by atoms with E-state index in [1.807, 2.05) is 0 Å². The van der Waals surface area contributed by atoms with E-state index >= 15 is 0 Å². The van der Waals surface area contributed by atoms with E-state index in [2.05, 4.69) is 5.32 Å². The standard InChI is InChI=1S/C15H17FN2O4/c1-9-4-5-10(11(16)7-9)14(20)17-8-13(19)18-6-2-3-12(18)15(21)22/h4-5,7,12H,2-3,6,8H2,1H3,(H,17,20)(H,21,22). The van der Waals surface area contributed by atoms with Crippen molar-refractivity contribution in [1.82, 2.24) is 10.2 Å². The topological polar surface area (TPSA) is 86.7 Å². The molecule has 1 fully saturated rings. The molecule has 1 atom stereocenters. The lowest BCUT2D eigenvalue weighted by Crippen LogP contribution is -2.45. The van der Waals surface area contributed by atoms with Crippen LogP contribution in [0.15, 0.2) is 18.2 Å².